The van der Waals surface area contributed by atoms with E-state index in [1.165, 1.54) is 0 Å². The molecular formula is C22H28N4O3. The average Bonchev–Trinajstić information content (AvgIpc) is 2.90. The van der Waals surface area contributed by atoms with Gasteiger partial charge in [0.25, 0.3) is 11.8 Å². The van der Waals surface area contributed by atoms with Crippen molar-refractivity contribution in [2.45, 2.75) is 45.6 Å². The van der Waals surface area contributed by atoms with E-state index < -0.39 is 6.04 Å². The van der Waals surface area contributed by atoms with E-state index >= 15 is 0 Å². The van der Waals surface area contributed by atoms with Crippen molar-refractivity contribution < 1.29 is 14.4 Å². The van der Waals surface area contributed by atoms with Gasteiger partial charge in [-0.25, -0.2) is 5.01 Å². The molecular weight excluding hydrogens is 368 g/mol. The van der Waals surface area contributed by atoms with Crippen molar-refractivity contribution in [1.82, 2.24) is 20.7 Å². The number of nitrogens with zero attached hydrogens (tertiary/aromatic N) is 2. The second-order valence-electron chi connectivity index (χ2n) is 7.93. The number of hydrogen-bond donors (Lipinski definition) is 2. The van der Waals surface area contributed by atoms with Gasteiger partial charge < -0.3 is 5.32 Å². The number of amides is 2. The normalized spacial score (nSPS) is 16.4. The summed E-state index contributed by atoms with van der Waals surface area (Å²) in [4.78, 5) is 42.0. The third kappa shape index (κ3) is 5.60. The van der Waals surface area contributed by atoms with Crippen molar-refractivity contribution in [3.8, 4) is 0 Å². The fourth-order valence-corrected chi connectivity index (χ4v) is 3.55. The minimum Gasteiger partial charge on any atom is -0.340 e. The van der Waals surface area contributed by atoms with E-state index in [9.17, 15) is 14.4 Å². The quantitative estimate of drug-likeness (QED) is 0.783. The topological polar surface area (TPSA) is 91.4 Å². The maximum absolute atomic E-state index is 13.0. The standard InChI is InChI=1S/C22H28N4O3/c1-15(2)13-19(22(29)25-26-12-4-3-9-17(27)14-26)24-21(28)18-10-5-7-16-8-6-11-23-20(16)18/h5-8,10-11,15,19H,3-4,9,12-14H2,1-2H3,(H,24,28)(H,25,29)/t19-/m0/s1. The molecule has 154 valence electrons. The lowest BCUT2D eigenvalue weighted by molar-refractivity contribution is -0.129. The van der Waals surface area contributed by atoms with Crippen LogP contribution in [0.1, 0.15) is 49.9 Å². The van der Waals surface area contributed by atoms with E-state index in [1.54, 1.807) is 23.3 Å². The van der Waals surface area contributed by atoms with E-state index in [2.05, 4.69) is 15.7 Å². The molecule has 1 aromatic heterocycles. The summed E-state index contributed by atoms with van der Waals surface area (Å²) in [5.74, 6) is -0.298. The highest BCUT2D eigenvalue weighted by Crippen LogP contribution is 2.17. The number of aromatic nitrogens is 1. The zero-order valence-electron chi connectivity index (χ0n) is 17.0. The van der Waals surface area contributed by atoms with Crippen LogP contribution < -0.4 is 10.7 Å². The molecule has 0 spiro atoms. The number of ketones is 1. The lowest BCUT2D eigenvalue weighted by Crippen LogP contribution is -2.53. The number of pyridine rings is 1. The van der Waals surface area contributed by atoms with Gasteiger partial charge in [0.1, 0.15) is 11.8 Å². The summed E-state index contributed by atoms with van der Waals surface area (Å²) >= 11 is 0. The van der Waals surface area contributed by atoms with Crippen LogP contribution >= 0.6 is 0 Å². The van der Waals surface area contributed by atoms with Crippen molar-refractivity contribution in [2.75, 3.05) is 13.1 Å². The molecule has 2 N–H and O–H groups in total. The molecule has 1 fully saturated rings. The van der Waals surface area contributed by atoms with E-state index in [-0.39, 0.29) is 30.1 Å². The Morgan fingerprint density at radius 3 is 2.76 bits per heavy atom. The first kappa shape index (κ1) is 20.9. The maximum atomic E-state index is 13.0. The number of para-hydroxylation sites is 1. The minimum atomic E-state index is -0.695. The van der Waals surface area contributed by atoms with Gasteiger partial charge in [-0.3, -0.25) is 24.8 Å². The Bertz CT molecular complexity index is 891. The molecule has 0 radical (unpaired) electrons. The molecule has 0 bridgehead atoms. The highest BCUT2D eigenvalue weighted by atomic mass is 16.2. The van der Waals surface area contributed by atoms with Gasteiger partial charge in [-0.1, -0.05) is 32.0 Å². The first-order valence-electron chi connectivity index (χ1n) is 10.2. The zero-order valence-corrected chi connectivity index (χ0v) is 17.0. The Balaban J connectivity index is 1.74. The molecule has 1 aliphatic rings. The van der Waals surface area contributed by atoms with Crippen LogP contribution in [0.15, 0.2) is 36.5 Å². The number of hydrogen-bond acceptors (Lipinski definition) is 5. The number of fused-ring (bicyclic) bond motifs is 1. The lowest BCUT2D eigenvalue weighted by atomic mass is 10.0. The summed E-state index contributed by atoms with van der Waals surface area (Å²) < 4.78 is 0. The minimum absolute atomic E-state index is 0.120. The van der Waals surface area contributed by atoms with Crippen LogP contribution in [-0.4, -0.2) is 46.7 Å². The third-order valence-electron chi connectivity index (χ3n) is 4.98. The van der Waals surface area contributed by atoms with Gasteiger partial charge in [0.15, 0.2) is 0 Å². The van der Waals surface area contributed by atoms with E-state index in [4.69, 9.17) is 0 Å². The second-order valence-corrected chi connectivity index (χ2v) is 7.93. The van der Waals surface area contributed by atoms with Crippen LogP contribution in [0.3, 0.4) is 0 Å². The van der Waals surface area contributed by atoms with E-state index in [1.807, 2.05) is 32.0 Å². The molecule has 0 saturated carbocycles. The fraction of sp³-hybridized carbons (Fsp3) is 0.455. The number of nitrogens with one attached hydrogen (secondary N) is 2. The molecule has 2 heterocycles. The van der Waals surface area contributed by atoms with Gasteiger partial charge in [-0.2, -0.15) is 0 Å². The average molecular weight is 396 g/mol. The van der Waals surface area contributed by atoms with Crippen LogP contribution in [0, 0.1) is 5.92 Å². The molecule has 0 aliphatic carbocycles. The maximum Gasteiger partial charge on any atom is 0.256 e. The smallest absolute Gasteiger partial charge is 0.256 e. The molecule has 1 aromatic carbocycles. The van der Waals surface area contributed by atoms with Crippen LogP contribution in [0.2, 0.25) is 0 Å². The summed E-state index contributed by atoms with van der Waals surface area (Å²) in [7, 11) is 0. The highest BCUT2D eigenvalue weighted by Gasteiger charge is 2.26. The van der Waals surface area contributed by atoms with Crippen LogP contribution in [0.5, 0.6) is 0 Å². The molecule has 2 aromatic rings. The second kappa shape index (κ2) is 9.60. The van der Waals surface area contributed by atoms with Gasteiger partial charge in [-0.05, 0) is 37.3 Å². The molecule has 7 heteroatoms. The van der Waals surface area contributed by atoms with Gasteiger partial charge in [0.2, 0.25) is 0 Å². The first-order valence-corrected chi connectivity index (χ1v) is 10.2. The largest absolute Gasteiger partial charge is 0.340 e. The first-order chi connectivity index (χ1) is 13.9. The van der Waals surface area contributed by atoms with Gasteiger partial charge in [0.05, 0.1) is 17.6 Å². The molecule has 1 atom stereocenters. The van der Waals surface area contributed by atoms with Crippen LogP contribution in [0.25, 0.3) is 10.9 Å². The highest BCUT2D eigenvalue weighted by molar-refractivity contribution is 6.06. The number of carbonyl (C=O) groups excluding carboxylic acids is 3. The summed E-state index contributed by atoms with van der Waals surface area (Å²) in [6.07, 6.45) is 4.39. The van der Waals surface area contributed by atoms with Crippen LogP contribution in [-0.2, 0) is 9.59 Å². The molecule has 3 rings (SSSR count). The molecule has 2 amide bonds. The number of rotatable bonds is 6. The number of carbonyl (C=O) groups is 3. The van der Waals surface area contributed by atoms with Gasteiger partial charge in [0, 0.05) is 24.5 Å². The molecule has 7 nitrogen and oxygen atoms in total. The fourth-order valence-electron chi connectivity index (χ4n) is 3.55. The summed E-state index contributed by atoms with van der Waals surface area (Å²) in [5.41, 5.74) is 3.88. The monoisotopic (exact) mass is 396 g/mol. The van der Waals surface area contributed by atoms with Crippen molar-refractivity contribution in [3.63, 3.8) is 0 Å². The predicted molar refractivity (Wildman–Crippen MR) is 111 cm³/mol. The van der Waals surface area contributed by atoms with E-state index in [0.717, 1.165) is 18.2 Å². The number of benzene rings is 1. The van der Waals surface area contributed by atoms with Gasteiger partial charge >= 0.3 is 0 Å². The Hall–Kier alpha value is -2.80. The Kier molecular flexibility index (Phi) is 6.93. The lowest BCUT2D eigenvalue weighted by Gasteiger charge is -2.25. The number of hydrazine groups is 1. The Morgan fingerprint density at radius 2 is 1.97 bits per heavy atom. The summed E-state index contributed by atoms with van der Waals surface area (Å²) in [5, 5.41) is 5.40. The SMILES string of the molecule is CC(C)C[C@H](NC(=O)c1cccc2cccnc12)C(=O)NN1CCCCC(=O)C1. The predicted octanol–water partition coefficient (Wildman–Crippen LogP) is 2.47. The summed E-state index contributed by atoms with van der Waals surface area (Å²) in [6.45, 7) is 4.84. The van der Waals surface area contributed by atoms with Crippen molar-refractivity contribution >= 4 is 28.5 Å². The Morgan fingerprint density at radius 1 is 1.17 bits per heavy atom. The number of Topliss-reactive ketones (excluding diaryl/α,β-unsaturated/α-hetero) is 1. The van der Waals surface area contributed by atoms with Crippen molar-refractivity contribution in [1.29, 1.82) is 0 Å². The van der Waals surface area contributed by atoms with Crippen molar-refractivity contribution in [2.24, 2.45) is 5.92 Å². The third-order valence-corrected chi connectivity index (χ3v) is 4.98. The Labute approximate surface area is 170 Å². The summed E-state index contributed by atoms with van der Waals surface area (Å²) in [6, 6.07) is 8.44. The van der Waals surface area contributed by atoms with E-state index in [0.29, 0.717) is 30.5 Å². The van der Waals surface area contributed by atoms with Crippen LogP contribution in [0.4, 0.5) is 0 Å². The molecule has 1 saturated heterocycles. The van der Waals surface area contributed by atoms with Crippen molar-refractivity contribution in [3.05, 3.63) is 42.1 Å². The molecule has 1 aliphatic heterocycles. The molecule has 29 heavy (non-hydrogen) atoms. The zero-order chi connectivity index (χ0) is 20.8. The molecule has 0 unspecified atom stereocenters. The van der Waals surface area contributed by atoms with Gasteiger partial charge in [-0.15, -0.1) is 0 Å².